The summed E-state index contributed by atoms with van der Waals surface area (Å²) < 4.78 is 78.6. The minimum atomic E-state index is -4.84. The zero-order valence-corrected chi connectivity index (χ0v) is 19.5. The van der Waals surface area contributed by atoms with Crippen molar-refractivity contribution in [2.75, 3.05) is 32.7 Å². The number of nitrogens with one attached hydrogen (secondary N) is 2. The molecule has 1 aromatic heterocycles. The smallest absolute Gasteiger partial charge is 0.354 e. The van der Waals surface area contributed by atoms with Gasteiger partial charge in [-0.2, -0.15) is 31.4 Å². The molecule has 2 aromatic rings. The molecule has 0 radical (unpaired) electrons. The van der Waals surface area contributed by atoms with Gasteiger partial charge in [0, 0.05) is 38.3 Å². The second-order valence-corrected chi connectivity index (χ2v) is 8.75. The number of piperidine rings is 1. The lowest BCUT2D eigenvalue weighted by Crippen LogP contribution is -2.47. The molecule has 2 amide bonds. The largest absolute Gasteiger partial charge is 0.435 e. The second-order valence-electron chi connectivity index (χ2n) is 8.75. The summed E-state index contributed by atoms with van der Waals surface area (Å²) in [4.78, 5) is 26.6. The summed E-state index contributed by atoms with van der Waals surface area (Å²) in [5, 5.41) is 8.53. The highest BCUT2D eigenvalue weighted by Crippen LogP contribution is 2.31. The van der Waals surface area contributed by atoms with Crippen molar-refractivity contribution in [3.8, 4) is 5.69 Å². The van der Waals surface area contributed by atoms with Crippen LogP contribution in [-0.2, 0) is 11.0 Å². The van der Waals surface area contributed by atoms with Crippen molar-refractivity contribution in [3.63, 3.8) is 0 Å². The first-order chi connectivity index (χ1) is 16.8. The molecule has 2 unspecified atom stereocenters. The average Bonchev–Trinajstić information content (AvgIpc) is 3.27. The molecule has 2 atom stereocenters. The monoisotopic (exact) mass is 519 g/mol. The van der Waals surface area contributed by atoms with Gasteiger partial charge in [-0.3, -0.25) is 9.59 Å². The zero-order chi connectivity index (χ0) is 26.5. The second kappa shape index (κ2) is 11.3. The normalized spacial score (nSPS) is 19.2. The predicted molar refractivity (Wildman–Crippen MR) is 118 cm³/mol. The maximum Gasteiger partial charge on any atom is 0.435 e. The van der Waals surface area contributed by atoms with Crippen LogP contribution in [0.3, 0.4) is 0 Å². The van der Waals surface area contributed by atoms with Crippen molar-refractivity contribution >= 4 is 11.8 Å². The molecule has 1 aliphatic rings. The van der Waals surface area contributed by atoms with Gasteiger partial charge in [0.1, 0.15) is 0 Å². The first-order valence-corrected chi connectivity index (χ1v) is 11.4. The maximum absolute atomic E-state index is 13.4. The number of aromatic nitrogens is 2. The van der Waals surface area contributed by atoms with Gasteiger partial charge in [-0.25, -0.2) is 4.68 Å². The van der Waals surface area contributed by atoms with Crippen LogP contribution < -0.4 is 10.6 Å². The molecule has 1 aliphatic heterocycles. The molecular weight excluding hydrogens is 492 g/mol. The number of alkyl halides is 6. The number of hydrogen-bond acceptors (Lipinski definition) is 4. The summed E-state index contributed by atoms with van der Waals surface area (Å²) in [6.45, 7) is 2.26. The molecule has 36 heavy (non-hydrogen) atoms. The van der Waals surface area contributed by atoms with E-state index in [9.17, 15) is 35.9 Å². The topological polar surface area (TPSA) is 79.3 Å². The van der Waals surface area contributed by atoms with Gasteiger partial charge in [0.15, 0.2) is 5.69 Å². The standard InChI is InChI=1S/C23H27F6N5O2/c1-15-13-33(12-8-22(24,25)26)11-7-17(15)20(35)30-9-10-31-21(36)18-14-34(16-5-3-2-4-6-16)32-19(18)23(27,28)29/h2-6,14-15,17H,7-13H2,1H3,(H,30,35)(H,31,36). The van der Waals surface area contributed by atoms with Crippen LogP contribution in [0.25, 0.3) is 5.69 Å². The lowest BCUT2D eigenvalue weighted by molar-refractivity contribution is -0.142. The number of amides is 2. The number of halogens is 6. The summed E-state index contributed by atoms with van der Waals surface area (Å²) in [5.41, 5.74) is -1.61. The molecule has 7 nitrogen and oxygen atoms in total. The van der Waals surface area contributed by atoms with Crippen molar-refractivity contribution in [1.82, 2.24) is 25.3 Å². The summed E-state index contributed by atoms with van der Waals surface area (Å²) in [7, 11) is 0. The van der Waals surface area contributed by atoms with Gasteiger partial charge in [-0.05, 0) is 31.0 Å². The number of likely N-dealkylation sites (tertiary alicyclic amines) is 1. The van der Waals surface area contributed by atoms with Crippen LogP contribution in [0, 0.1) is 11.8 Å². The summed E-state index contributed by atoms with van der Waals surface area (Å²) in [6, 6.07) is 8.04. The Morgan fingerprint density at radius 2 is 1.72 bits per heavy atom. The van der Waals surface area contributed by atoms with Gasteiger partial charge in [0.2, 0.25) is 5.91 Å². The van der Waals surface area contributed by atoms with Crippen LogP contribution in [0.1, 0.15) is 35.8 Å². The maximum atomic E-state index is 13.4. The number of rotatable bonds is 8. The van der Waals surface area contributed by atoms with Crippen LogP contribution in [0.4, 0.5) is 26.3 Å². The fraction of sp³-hybridized carbons (Fsp3) is 0.522. The first kappa shape index (κ1) is 27.5. The van der Waals surface area contributed by atoms with E-state index in [0.717, 1.165) is 10.9 Å². The molecule has 3 rings (SSSR count). The Morgan fingerprint density at radius 1 is 1.06 bits per heavy atom. The van der Waals surface area contributed by atoms with Crippen LogP contribution >= 0.6 is 0 Å². The van der Waals surface area contributed by atoms with Gasteiger partial charge in [0.25, 0.3) is 5.91 Å². The highest BCUT2D eigenvalue weighted by atomic mass is 19.4. The van der Waals surface area contributed by atoms with Gasteiger partial charge >= 0.3 is 12.4 Å². The molecule has 13 heteroatoms. The van der Waals surface area contributed by atoms with Gasteiger partial charge in [-0.15, -0.1) is 0 Å². The Bertz CT molecular complexity index is 1040. The van der Waals surface area contributed by atoms with Crippen molar-refractivity contribution < 1.29 is 35.9 Å². The highest BCUT2D eigenvalue weighted by Gasteiger charge is 2.39. The number of nitrogens with zero attached hydrogens (tertiary/aromatic N) is 3. The minimum absolute atomic E-state index is 0.0141. The van der Waals surface area contributed by atoms with Crippen LogP contribution in [0.5, 0.6) is 0 Å². The van der Waals surface area contributed by atoms with Gasteiger partial charge in [-0.1, -0.05) is 25.1 Å². The molecule has 1 saturated heterocycles. The van der Waals surface area contributed by atoms with E-state index in [1.165, 1.54) is 0 Å². The van der Waals surface area contributed by atoms with E-state index in [-0.39, 0.29) is 31.5 Å². The Morgan fingerprint density at radius 3 is 2.33 bits per heavy atom. The predicted octanol–water partition coefficient (Wildman–Crippen LogP) is 3.65. The van der Waals surface area contributed by atoms with Crippen molar-refractivity contribution in [1.29, 1.82) is 0 Å². The third-order valence-electron chi connectivity index (χ3n) is 6.00. The fourth-order valence-corrected chi connectivity index (χ4v) is 4.16. The molecule has 198 valence electrons. The van der Waals surface area contributed by atoms with E-state index in [4.69, 9.17) is 0 Å². The number of carbonyl (C=O) groups excluding carboxylic acids is 2. The first-order valence-electron chi connectivity index (χ1n) is 11.4. The lowest BCUT2D eigenvalue weighted by Gasteiger charge is -2.36. The van der Waals surface area contributed by atoms with Crippen LogP contribution in [-0.4, -0.2) is 65.4 Å². The van der Waals surface area contributed by atoms with E-state index < -0.39 is 41.9 Å². The number of para-hydroxylation sites is 1. The molecule has 0 spiro atoms. The fourth-order valence-electron chi connectivity index (χ4n) is 4.16. The SMILES string of the molecule is CC1CN(CCC(F)(F)F)CCC1C(=O)NCCNC(=O)c1cn(-c2ccccc2)nc1C(F)(F)F. The molecule has 0 aliphatic carbocycles. The summed E-state index contributed by atoms with van der Waals surface area (Å²) in [6.07, 6.45) is -8.59. The molecule has 2 N–H and O–H groups in total. The summed E-state index contributed by atoms with van der Waals surface area (Å²) >= 11 is 0. The van der Waals surface area contributed by atoms with E-state index in [0.29, 0.717) is 25.2 Å². The molecular formula is C23H27F6N5O2. The molecule has 0 saturated carbocycles. The third kappa shape index (κ3) is 7.45. The minimum Gasteiger partial charge on any atom is -0.354 e. The lowest BCUT2D eigenvalue weighted by atomic mass is 9.86. The molecule has 1 aromatic carbocycles. The van der Waals surface area contributed by atoms with Gasteiger partial charge in [0.05, 0.1) is 17.7 Å². The van der Waals surface area contributed by atoms with Crippen LogP contribution in [0.2, 0.25) is 0 Å². The van der Waals surface area contributed by atoms with E-state index in [1.54, 1.807) is 42.2 Å². The molecule has 1 fully saturated rings. The van der Waals surface area contributed by atoms with E-state index >= 15 is 0 Å². The number of carbonyl (C=O) groups is 2. The van der Waals surface area contributed by atoms with Crippen molar-refractivity contribution in [2.45, 2.75) is 32.1 Å². The Balaban J connectivity index is 1.50. The van der Waals surface area contributed by atoms with Gasteiger partial charge < -0.3 is 15.5 Å². The Kier molecular flexibility index (Phi) is 8.64. The molecule has 2 heterocycles. The summed E-state index contributed by atoms with van der Waals surface area (Å²) in [5.74, 6) is -1.85. The number of benzene rings is 1. The quantitative estimate of drug-likeness (QED) is 0.412. The van der Waals surface area contributed by atoms with E-state index in [1.807, 2.05) is 0 Å². The van der Waals surface area contributed by atoms with Crippen molar-refractivity contribution in [2.24, 2.45) is 11.8 Å². The zero-order valence-electron chi connectivity index (χ0n) is 19.5. The average molecular weight is 519 g/mol. The molecule has 0 bridgehead atoms. The third-order valence-corrected chi connectivity index (χ3v) is 6.00. The Labute approximate surface area is 203 Å². The Hall–Kier alpha value is -3.09. The van der Waals surface area contributed by atoms with Crippen LogP contribution in [0.15, 0.2) is 36.5 Å². The van der Waals surface area contributed by atoms with E-state index in [2.05, 4.69) is 15.7 Å². The highest BCUT2D eigenvalue weighted by molar-refractivity contribution is 5.95. The van der Waals surface area contributed by atoms with Crippen molar-refractivity contribution in [3.05, 3.63) is 47.8 Å². The number of hydrogen-bond donors (Lipinski definition) is 2.